The highest BCUT2D eigenvalue weighted by Crippen LogP contribution is 2.27. The molecule has 1 atom stereocenters. The summed E-state index contributed by atoms with van der Waals surface area (Å²) in [6.45, 7) is 6.50. The molecule has 0 radical (unpaired) electrons. The average Bonchev–Trinajstić information content (AvgIpc) is 2.59. The molecule has 98 valence electrons. The van der Waals surface area contributed by atoms with E-state index in [0.717, 1.165) is 19.3 Å². The minimum absolute atomic E-state index is 0.272. The molecule has 2 rings (SSSR count). The monoisotopic (exact) mass is 244 g/mol. The van der Waals surface area contributed by atoms with Gasteiger partial charge in [0.1, 0.15) is 0 Å². The third-order valence-corrected chi connectivity index (χ3v) is 3.95. The Balaban J connectivity index is 2.51. The van der Waals surface area contributed by atoms with E-state index in [1.165, 1.54) is 27.7 Å². The zero-order valence-electron chi connectivity index (χ0n) is 12.0. The van der Waals surface area contributed by atoms with Crippen LogP contribution in [0.3, 0.4) is 0 Å². The SMILES string of the molecule is CCc1ccc2c(c1)c(CCC(C)N)c(C)n2C. The van der Waals surface area contributed by atoms with Crippen LogP contribution < -0.4 is 5.73 Å². The Kier molecular flexibility index (Phi) is 3.76. The van der Waals surface area contributed by atoms with Gasteiger partial charge in [0.05, 0.1) is 0 Å². The smallest absolute Gasteiger partial charge is 0.0482 e. The number of benzene rings is 1. The first kappa shape index (κ1) is 13.2. The van der Waals surface area contributed by atoms with Crippen LogP contribution in [-0.2, 0) is 19.9 Å². The van der Waals surface area contributed by atoms with Crippen LogP contribution in [0.15, 0.2) is 18.2 Å². The summed E-state index contributed by atoms with van der Waals surface area (Å²) in [6, 6.07) is 7.10. The van der Waals surface area contributed by atoms with Gasteiger partial charge in [-0.05, 0) is 56.4 Å². The zero-order chi connectivity index (χ0) is 13.3. The summed E-state index contributed by atoms with van der Waals surface area (Å²) in [4.78, 5) is 0. The van der Waals surface area contributed by atoms with E-state index in [9.17, 15) is 0 Å². The van der Waals surface area contributed by atoms with Gasteiger partial charge in [-0.3, -0.25) is 0 Å². The molecule has 2 aromatic rings. The van der Waals surface area contributed by atoms with Gasteiger partial charge in [-0.2, -0.15) is 0 Å². The fraction of sp³-hybridized carbons (Fsp3) is 0.500. The van der Waals surface area contributed by atoms with E-state index >= 15 is 0 Å². The molecule has 2 N–H and O–H groups in total. The summed E-state index contributed by atoms with van der Waals surface area (Å²) < 4.78 is 2.30. The van der Waals surface area contributed by atoms with Crippen LogP contribution in [0.25, 0.3) is 10.9 Å². The van der Waals surface area contributed by atoms with Crippen LogP contribution in [-0.4, -0.2) is 10.6 Å². The lowest BCUT2D eigenvalue weighted by Gasteiger charge is -2.06. The van der Waals surface area contributed by atoms with Gasteiger partial charge in [0.15, 0.2) is 0 Å². The molecule has 0 aliphatic rings. The van der Waals surface area contributed by atoms with Crippen molar-refractivity contribution in [3.05, 3.63) is 35.0 Å². The average molecular weight is 244 g/mol. The molecule has 0 aliphatic carbocycles. The van der Waals surface area contributed by atoms with Crippen LogP contribution in [0.2, 0.25) is 0 Å². The largest absolute Gasteiger partial charge is 0.348 e. The lowest BCUT2D eigenvalue weighted by atomic mass is 10.0. The van der Waals surface area contributed by atoms with E-state index in [4.69, 9.17) is 5.73 Å². The zero-order valence-corrected chi connectivity index (χ0v) is 12.0. The van der Waals surface area contributed by atoms with Gasteiger partial charge in [0.2, 0.25) is 0 Å². The molecule has 0 bridgehead atoms. The van der Waals surface area contributed by atoms with Crippen molar-refractivity contribution in [3.8, 4) is 0 Å². The summed E-state index contributed by atoms with van der Waals surface area (Å²) in [5.41, 5.74) is 11.5. The van der Waals surface area contributed by atoms with E-state index in [2.05, 4.69) is 50.6 Å². The number of fused-ring (bicyclic) bond motifs is 1. The van der Waals surface area contributed by atoms with Crippen LogP contribution in [0.4, 0.5) is 0 Å². The van der Waals surface area contributed by atoms with Crippen LogP contribution in [0.1, 0.15) is 37.1 Å². The molecule has 2 nitrogen and oxygen atoms in total. The Morgan fingerprint density at radius 1 is 1.33 bits per heavy atom. The Morgan fingerprint density at radius 2 is 2.06 bits per heavy atom. The predicted octanol–water partition coefficient (Wildman–Crippen LogP) is 3.33. The highest BCUT2D eigenvalue weighted by atomic mass is 14.9. The summed E-state index contributed by atoms with van der Waals surface area (Å²) in [5, 5.41) is 1.41. The number of nitrogens with two attached hydrogens (primary N) is 1. The van der Waals surface area contributed by atoms with Crippen LogP contribution in [0.5, 0.6) is 0 Å². The highest BCUT2D eigenvalue weighted by molar-refractivity contribution is 5.86. The molecule has 0 spiro atoms. The van der Waals surface area contributed by atoms with Crippen molar-refractivity contribution < 1.29 is 0 Å². The molecule has 1 aromatic heterocycles. The Morgan fingerprint density at radius 3 is 2.67 bits per heavy atom. The van der Waals surface area contributed by atoms with Crippen molar-refractivity contribution in [2.24, 2.45) is 12.8 Å². The van der Waals surface area contributed by atoms with Gasteiger partial charge >= 0.3 is 0 Å². The van der Waals surface area contributed by atoms with Gasteiger partial charge in [-0.1, -0.05) is 13.0 Å². The van der Waals surface area contributed by atoms with Gasteiger partial charge in [-0.25, -0.2) is 0 Å². The van der Waals surface area contributed by atoms with Crippen molar-refractivity contribution >= 4 is 10.9 Å². The van der Waals surface area contributed by atoms with Crippen molar-refractivity contribution in [3.63, 3.8) is 0 Å². The fourth-order valence-electron chi connectivity index (χ4n) is 2.60. The van der Waals surface area contributed by atoms with Crippen molar-refractivity contribution in [1.29, 1.82) is 0 Å². The first-order valence-electron chi connectivity index (χ1n) is 6.87. The Bertz CT molecular complexity index is 550. The minimum atomic E-state index is 0.272. The van der Waals surface area contributed by atoms with Crippen LogP contribution in [0, 0.1) is 6.92 Å². The van der Waals surface area contributed by atoms with E-state index in [1.54, 1.807) is 0 Å². The van der Waals surface area contributed by atoms with E-state index in [1.807, 2.05) is 0 Å². The summed E-state index contributed by atoms with van der Waals surface area (Å²) in [5.74, 6) is 0. The maximum atomic E-state index is 5.89. The van der Waals surface area contributed by atoms with Gasteiger partial charge < -0.3 is 10.3 Å². The molecule has 0 aliphatic heterocycles. The van der Waals surface area contributed by atoms with Crippen LogP contribution >= 0.6 is 0 Å². The van der Waals surface area contributed by atoms with Gasteiger partial charge in [0.25, 0.3) is 0 Å². The lowest BCUT2D eigenvalue weighted by Crippen LogP contribution is -2.15. The normalized spacial score (nSPS) is 13.2. The molecular weight excluding hydrogens is 220 g/mol. The summed E-state index contributed by atoms with van der Waals surface area (Å²) in [6.07, 6.45) is 3.22. The van der Waals surface area contributed by atoms with E-state index in [0.29, 0.717) is 0 Å². The van der Waals surface area contributed by atoms with Crippen molar-refractivity contribution in [2.45, 2.75) is 46.1 Å². The van der Waals surface area contributed by atoms with Gasteiger partial charge in [-0.15, -0.1) is 0 Å². The third-order valence-electron chi connectivity index (χ3n) is 3.95. The predicted molar refractivity (Wildman–Crippen MR) is 79.0 cm³/mol. The fourth-order valence-corrected chi connectivity index (χ4v) is 2.60. The number of nitrogens with zero attached hydrogens (tertiary/aromatic N) is 1. The first-order valence-corrected chi connectivity index (χ1v) is 6.87. The molecule has 2 heteroatoms. The topological polar surface area (TPSA) is 30.9 Å². The number of aromatic nitrogens is 1. The Labute approximate surface area is 110 Å². The van der Waals surface area contributed by atoms with Gasteiger partial charge in [0, 0.05) is 29.7 Å². The minimum Gasteiger partial charge on any atom is -0.348 e. The van der Waals surface area contributed by atoms with Crippen molar-refractivity contribution in [1.82, 2.24) is 4.57 Å². The molecule has 0 fully saturated rings. The molecular formula is C16H24N2. The summed E-state index contributed by atoms with van der Waals surface area (Å²) in [7, 11) is 2.15. The molecule has 0 saturated heterocycles. The third kappa shape index (κ3) is 2.30. The molecule has 1 aromatic carbocycles. The first-order chi connectivity index (χ1) is 8.54. The maximum Gasteiger partial charge on any atom is 0.0482 e. The van der Waals surface area contributed by atoms with E-state index < -0.39 is 0 Å². The van der Waals surface area contributed by atoms with E-state index in [-0.39, 0.29) is 6.04 Å². The summed E-state index contributed by atoms with van der Waals surface area (Å²) >= 11 is 0. The molecule has 0 amide bonds. The number of hydrogen-bond acceptors (Lipinski definition) is 1. The molecule has 18 heavy (non-hydrogen) atoms. The molecule has 0 saturated carbocycles. The highest BCUT2D eigenvalue weighted by Gasteiger charge is 2.12. The second-order valence-corrected chi connectivity index (χ2v) is 5.34. The number of rotatable bonds is 4. The lowest BCUT2D eigenvalue weighted by molar-refractivity contribution is 0.664. The number of hydrogen-bond donors (Lipinski definition) is 1. The second kappa shape index (κ2) is 5.15. The molecule has 1 heterocycles. The van der Waals surface area contributed by atoms with Crippen molar-refractivity contribution in [2.75, 3.05) is 0 Å². The second-order valence-electron chi connectivity index (χ2n) is 5.34. The number of aryl methyl sites for hydroxylation is 3. The Hall–Kier alpha value is -1.28. The maximum absolute atomic E-state index is 5.89. The molecule has 1 unspecified atom stereocenters. The quantitative estimate of drug-likeness (QED) is 0.878. The standard InChI is InChI=1S/C16H24N2/c1-5-13-7-9-16-15(10-13)14(8-6-11(2)17)12(3)18(16)4/h7,9-11H,5-6,8,17H2,1-4H3.